The summed E-state index contributed by atoms with van der Waals surface area (Å²) in [4.78, 5) is 13.6. The molecule has 1 saturated heterocycles. The molecule has 2 atom stereocenters. The summed E-state index contributed by atoms with van der Waals surface area (Å²) in [6, 6.07) is 11.3. The van der Waals surface area contributed by atoms with Crippen molar-refractivity contribution in [3.63, 3.8) is 0 Å². The highest BCUT2D eigenvalue weighted by Crippen LogP contribution is 2.54. The Bertz CT molecular complexity index is 1300. The lowest BCUT2D eigenvalue weighted by Crippen LogP contribution is -2.58. The largest absolute Gasteiger partial charge is 0.462 e. The first-order valence-corrected chi connectivity index (χ1v) is 15.4. The van der Waals surface area contributed by atoms with Gasteiger partial charge in [-0.2, -0.15) is 0 Å². The van der Waals surface area contributed by atoms with Gasteiger partial charge in [-0.1, -0.05) is 18.2 Å². The summed E-state index contributed by atoms with van der Waals surface area (Å²) in [5.74, 6) is 0.564. The molecule has 12 heteroatoms. The standard InChI is InChI=1S/C33H44N2O10/c1-32(2)29-6-4-5-7-30(29)34(3)33(32)9-8-25-20-27(35(36)37)21-26(31(25)45-33)22-43-24-28-23-42-17-16-40-13-12-38-10-11-39-14-15-41-18-19-44-28/h4-9,20-21,28H,10-19,22-24H2,1-3H3. The molecule has 0 saturated carbocycles. The zero-order chi connectivity index (χ0) is 31.7. The number of non-ortho nitro benzene ring substituents is 1. The van der Waals surface area contributed by atoms with Crippen LogP contribution < -0.4 is 9.64 Å². The Balaban J connectivity index is 1.27. The van der Waals surface area contributed by atoms with E-state index in [0.29, 0.717) is 82.9 Å². The minimum atomic E-state index is -0.827. The molecule has 5 rings (SSSR count). The van der Waals surface area contributed by atoms with Crippen LogP contribution in [0.1, 0.15) is 30.5 Å². The van der Waals surface area contributed by atoms with Crippen LogP contribution in [0.4, 0.5) is 11.4 Å². The molecular weight excluding hydrogens is 584 g/mol. The van der Waals surface area contributed by atoms with Gasteiger partial charge in [0.15, 0.2) is 0 Å². The number of rotatable bonds is 5. The molecule has 0 N–H and O–H groups in total. The van der Waals surface area contributed by atoms with Gasteiger partial charge in [0.2, 0.25) is 5.72 Å². The Labute approximate surface area is 264 Å². The maximum absolute atomic E-state index is 11.8. The Morgan fingerprint density at radius 3 is 2.18 bits per heavy atom. The smallest absolute Gasteiger partial charge is 0.270 e. The van der Waals surface area contributed by atoms with E-state index in [4.69, 9.17) is 37.9 Å². The highest BCUT2D eigenvalue weighted by molar-refractivity contribution is 5.73. The second-order valence-electron chi connectivity index (χ2n) is 11.6. The number of hydrogen-bond acceptors (Lipinski definition) is 11. The lowest BCUT2D eigenvalue weighted by atomic mass is 9.76. The van der Waals surface area contributed by atoms with Gasteiger partial charge < -0.3 is 42.8 Å². The van der Waals surface area contributed by atoms with Crippen LogP contribution in [0.15, 0.2) is 42.5 Å². The predicted molar refractivity (Wildman–Crippen MR) is 167 cm³/mol. The summed E-state index contributed by atoms with van der Waals surface area (Å²) in [7, 11) is 2.01. The fourth-order valence-corrected chi connectivity index (χ4v) is 5.96. The van der Waals surface area contributed by atoms with E-state index >= 15 is 0 Å². The third-order valence-electron chi connectivity index (χ3n) is 8.40. The number of anilines is 1. The van der Waals surface area contributed by atoms with Crippen molar-refractivity contribution in [3.05, 3.63) is 69.3 Å². The number of nitro groups is 1. The monoisotopic (exact) mass is 628 g/mol. The van der Waals surface area contributed by atoms with E-state index in [1.54, 1.807) is 6.07 Å². The van der Waals surface area contributed by atoms with Crippen molar-refractivity contribution in [2.75, 3.05) is 91.2 Å². The third-order valence-corrected chi connectivity index (χ3v) is 8.40. The van der Waals surface area contributed by atoms with Gasteiger partial charge in [-0.15, -0.1) is 0 Å². The van der Waals surface area contributed by atoms with E-state index in [2.05, 4.69) is 30.9 Å². The normalized spacial score (nSPS) is 24.7. The van der Waals surface area contributed by atoms with Gasteiger partial charge in [0, 0.05) is 36.0 Å². The zero-order valence-electron chi connectivity index (χ0n) is 26.4. The topological polar surface area (TPSA) is 120 Å². The zero-order valence-corrected chi connectivity index (χ0v) is 26.4. The summed E-state index contributed by atoms with van der Waals surface area (Å²) in [6.45, 7) is 9.34. The molecule has 1 fully saturated rings. The first-order chi connectivity index (χ1) is 21.8. The molecule has 0 bridgehead atoms. The van der Waals surface area contributed by atoms with Gasteiger partial charge >= 0.3 is 0 Å². The second-order valence-corrected chi connectivity index (χ2v) is 11.6. The highest BCUT2D eigenvalue weighted by atomic mass is 16.6. The molecular formula is C33H44N2O10. The number of fused-ring (bicyclic) bond motifs is 2. The number of para-hydroxylation sites is 1. The molecule has 3 aliphatic rings. The number of ether oxygens (including phenoxy) is 8. The summed E-state index contributed by atoms with van der Waals surface area (Å²) < 4.78 is 47.0. The van der Waals surface area contributed by atoms with E-state index < -0.39 is 16.1 Å². The number of nitrogens with zero attached hydrogens (tertiary/aromatic N) is 2. The quantitative estimate of drug-likeness (QED) is 0.351. The van der Waals surface area contributed by atoms with Gasteiger partial charge in [-0.05, 0) is 37.6 Å². The first kappa shape index (κ1) is 33.3. The van der Waals surface area contributed by atoms with Crippen LogP contribution in [0.25, 0.3) is 6.08 Å². The van der Waals surface area contributed by atoms with Crippen LogP contribution in [0.2, 0.25) is 0 Å². The van der Waals surface area contributed by atoms with Crippen molar-refractivity contribution >= 4 is 17.5 Å². The number of likely N-dealkylation sites (N-methyl/N-ethyl adjacent to an activating group) is 1. The van der Waals surface area contributed by atoms with Crippen molar-refractivity contribution in [2.24, 2.45) is 0 Å². The van der Waals surface area contributed by atoms with Crippen LogP contribution in [0.5, 0.6) is 5.75 Å². The predicted octanol–water partition coefficient (Wildman–Crippen LogP) is 4.12. The van der Waals surface area contributed by atoms with Crippen molar-refractivity contribution in [1.29, 1.82) is 0 Å². The second kappa shape index (κ2) is 15.5. The third kappa shape index (κ3) is 7.66. The maximum Gasteiger partial charge on any atom is 0.270 e. The molecule has 0 radical (unpaired) electrons. The SMILES string of the molecule is CN1c2ccccc2C(C)(C)C12C=Cc1cc([N+](=O)[O-])cc(COCC3COCCOCCOCCOCCOCCO3)c1O2. The van der Waals surface area contributed by atoms with Crippen molar-refractivity contribution in [1.82, 2.24) is 0 Å². The maximum atomic E-state index is 11.8. The van der Waals surface area contributed by atoms with Crippen LogP contribution >= 0.6 is 0 Å². The van der Waals surface area contributed by atoms with E-state index in [1.165, 1.54) is 11.6 Å². The van der Waals surface area contributed by atoms with Crippen LogP contribution in [-0.4, -0.2) is 103 Å². The average molecular weight is 629 g/mol. The molecule has 2 aromatic carbocycles. The Morgan fingerprint density at radius 2 is 1.53 bits per heavy atom. The van der Waals surface area contributed by atoms with Crippen molar-refractivity contribution < 1.29 is 42.8 Å². The average Bonchev–Trinajstić information content (AvgIpc) is 3.19. The highest BCUT2D eigenvalue weighted by Gasteiger charge is 2.57. The van der Waals surface area contributed by atoms with Crippen molar-refractivity contribution in [3.8, 4) is 5.75 Å². The fourth-order valence-electron chi connectivity index (χ4n) is 5.96. The summed E-state index contributed by atoms with van der Waals surface area (Å²) in [5, 5.41) is 11.8. The molecule has 45 heavy (non-hydrogen) atoms. The summed E-state index contributed by atoms with van der Waals surface area (Å²) >= 11 is 0. The summed E-state index contributed by atoms with van der Waals surface area (Å²) in [5.41, 5.74) is 2.20. The molecule has 0 aliphatic carbocycles. The summed E-state index contributed by atoms with van der Waals surface area (Å²) in [6.07, 6.45) is 3.53. The lowest BCUT2D eigenvalue weighted by molar-refractivity contribution is -0.385. The van der Waals surface area contributed by atoms with E-state index in [1.807, 2.05) is 31.3 Å². The Hall–Kier alpha value is -3.10. The Kier molecular flexibility index (Phi) is 11.4. The molecule has 0 amide bonds. The first-order valence-electron chi connectivity index (χ1n) is 15.4. The van der Waals surface area contributed by atoms with Crippen LogP contribution in [0, 0.1) is 10.1 Å². The van der Waals surface area contributed by atoms with Crippen LogP contribution in [0.3, 0.4) is 0 Å². The fraction of sp³-hybridized carbons (Fsp3) is 0.576. The number of hydrogen-bond donors (Lipinski definition) is 0. The molecule has 12 nitrogen and oxygen atoms in total. The molecule has 2 aromatic rings. The molecule has 1 spiro atoms. The number of benzene rings is 2. The Morgan fingerprint density at radius 1 is 0.911 bits per heavy atom. The molecule has 3 aliphatic heterocycles. The molecule has 0 aromatic heterocycles. The minimum absolute atomic E-state index is 0.0267. The van der Waals surface area contributed by atoms with E-state index in [0.717, 1.165) is 5.69 Å². The van der Waals surface area contributed by atoms with Gasteiger partial charge in [-0.25, -0.2) is 0 Å². The number of nitro benzene ring substituents is 1. The van der Waals surface area contributed by atoms with Gasteiger partial charge in [-0.3, -0.25) is 10.1 Å². The van der Waals surface area contributed by atoms with Crippen molar-refractivity contribution in [2.45, 2.75) is 37.7 Å². The molecule has 246 valence electrons. The van der Waals surface area contributed by atoms with Gasteiger partial charge in [0.25, 0.3) is 5.69 Å². The lowest BCUT2D eigenvalue weighted by Gasteiger charge is -2.46. The van der Waals surface area contributed by atoms with Gasteiger partial charge in [0.1, 0.15) is 11.9 Å². The molecule has 2 unspecified atom stereocenters. The van der Waals surface area contributed by atoms with E-state index in [-0.39, 0.29) is 31.6 Å². The van der Waals surface area contributed by atoms with Gasteiger partial charge in [0.05, 0.1) is 96.2 Å². The van der Waals surface area contributed by atoms with Crippen LogP contribution in [-0.2, 0) is 45.2 Å². The minimum Gasteiger partial charge on any atom is -0.462 e. The molecule has 3 heterocycles. The van der Waals surface area contributed by atoms with E-state index in [9.17, 15) is 10.1 Å².